The number of aliphatic hydroxyl groups is 5. The molecule has 9 N–H and O–H groups in total. The molecule has 1 saturated heterocycles. The van der Waals surface area contributed by atoms with Gasteiger partial charge < -0.3 is 50.6 Å². The third-order valence-corrected chi connectivity index (χ3v) is 8.14. The Bertz CT molecular complexity index is 1210. The minimum absolute atomic E-state index is 0.00303. The van der Waals surface area contributed by atoms with Crippen molar-refractivity contribution in [2.75, 3.05) is 18.9 Å². The Labute approximate surface area is 214 Å². The number of imidazole rings is 1. The maximum absolute atomic E-state index is 12.9. The summed E-state index contributed by atoms with van der Waals surface area (Å²) in [6.45, 7) is -2.06. The van der Waals surface area contributed by atoms with E-state index in [4.69, 9.17) is 29.9 Å². The van der Waals surface area contributed by atoms with Gasteiger partial charge in [0.15, 0.2) is 40.3 Å². The van der Waals surface area contributed by atoms with Gasteiger partial charge in [-0.25, -0.2) is 24.1 Å². The molecule has 37 heavy (non-hydrogen) atoms. The Balaban J connectivity index is 1.82. The van der Waals surface area contributed by atoms with Crippen LogP contribution in [0.5, 0.6) is 0 Å². The highest BCUT2D eigenvalue weighted by Crippen LogP contribution is 2.62. The second-order valence-corrected chi connectivity index (χ2v) is 11.2. The Morgan fingerprint density at radius 3 is 2.51 bits per heavy atom. The molecule has 1 fully saturated rings. The van der Waals surface area contributed by atoms with E-state index in [0.29, 0.717) is 0 Å². The Morgan fingerprint density at radius 1 is 1.24 bits per heavy atom. The van der Waals surface area contributed by atoms with Crippen LogP contribution in [0.4, 0.5) is 5.82 Å². The van der Waals surface area contributed by atoms with Crippen LogP contribution >= 0.6 is 31.6 Å². The zero-order chi connectivity index (χ0) is 27.7. The molecule has 2 aromatic heterocycles. The van der Waals surface area contributed by atoms with Gasteiger partial charge in [0.25, 0.3) is 0 Å². The molecule has 0 saturated carbocycles. The highest BCUT2D eigenvalue weighted by atomic mass is 79.9. The first kappa shape index (κ1) is 30.1. The minimum atomic E-state index is -5.61. The third kappa shape index (κ3) is 6.75. The number of nitrogens with zero attached hydrogens (tertiary/aromatic N) is 4. The van der Waals surface area contributed by atoms with E-state index in [1.165, 1.54) is 4.57 Å². The summed E-state index contributed by atoms with van der Waals surface area (Å²) < 4.78 is 44.6. The molecule has 22 heteroatoms. The first-order chi connectivity index (χ1) is 17.2. The average molecular weight is 638 g/mol. The van der Waals surface area contributed by atoms with Gasteiger partial charge >= 0.3 is 15.6 Å². The molecule has 1 aliphatic rings. The molecule has 19 nitrogen and oxygen atoms in total. The van der Waals surface area contributed by atoms with E-state index in [1.54, 1.807) is 0 Å². The van der Waals surface area contributed by atoms with E-state index in [0.717, 1.165) is 6.33 Å². The first-order valence-electron chi connectivity index (χ1n) is 9.99. The molecule has 0 spiro atoms. The van der Waals surface area contributed by atoms with Crippen LogP contribution in [0, 0.1) is 0 Å². The summed E-state index contributed by atoms with van der Waals surface area (Å²) in [5.74, 6) is 0.00303. The molecule has 8 atom stereocenters. The molecule has 2 aromatic rings. The maximum atomic E-state index is 12.9. The summed E-state index contributed by atoms with van der Waals surface area (Å²) in [6.07, 6.45) is -11.9. The zero-order valence-electron chi connectivity index (χ0n) is 18.2. The van der Waals surface area contributed by atoms with E-state index in [-0.39, 0.29) is 28.0 Å². The van der Waals surface area contributed by atoms with Gasteiger partial charge in [-0.15, -0.1) is 0 Å². The van der Waals surface area contributed by atoms with Crippen LogP contribution in [0.3, 0.4) is 0 Å². The van der Waals surface area contributed by atoms with Crippen LogP contribution in [-0.4, -0.2) is 111 Å². The molecule has 208 valence electrons. The quantitative estimate of drug-likeness (QED) is 0.0667. The lowest BCUT2D eigenvalue weighted by atomic mass is 10.1. The predicted octanol–water partition coefficient (Wildman–Crippen LogP) is -2.68. The predicted molar refractivity (Wildman–Crippen MR) is 120 cm³/mol. The van der Waals surface area contributed by atoms with Crippen molar-refractivity contribution in [2.24, 2.45) is 0 Å². The number of rotatable bonds is 12. The van der Waals surface area contributed by atoms with Crippen molar-refractivity contribution in [1.29, 1.82) is 0 Å². The molecular formula is C15H22BrN5O14P2. The minimum Gasteiger partial charge on any atom is -0.394 e. The molecule has 0 aromatic carbocycles. The van der Waals surface area contributed by atoms with Crippen molar-refractivity contribution in [3.05, 3.63) is 11.1 Å². The highest BCUT2D eigenvalue weighted by Gasteiger charge is 2.48. The molecule has 3 heterocycles. The van der Waals surface area contributed by atoms with Gasteiger partial charge in [0.2, 0.25) is 0 Å². The number of phosphoric acid groups is 2. The fraction of sp³-hybridized carbons (Fsp3) is 0.600. The number of aldehydes is 1. The number of nitrogens with two attached hydrogens (primary N) is 1. The fourth-order valence-corrected chi connectivity index (χ4v) is 6.01. The molecule has 0 amide bonds. The number of halogens is 1. The van der Waals surface area contributed by atoms with Gasteiger partial charge in [-0.3, -0.25) is 13.6 Å². The van der Waals surface area contributed by atoms with Crippen molar-refractivity contribution in [2.45, 2.75) is 42.9 Å². The summed E-state index contributed by atoms with van der Waals surface area (Å²) in [6, 6.07) is 0. The van der Waals surface area contributed by atoms with Crippen LogP contribution in [0.1, 0.15) is 6.23 Å². The molecule has 1 aliphatic heterocycles. The summed E-state index contributed by atoms with van der Waals surface area (Å²) in [5, 5.41) is 49.2. The fourth-order valence-electron chi connectivity index (χ4n) is 3.22. The van der Waals surface area contributed by atoms with Gasteiger partial charge in [-0.1, -0.05) is 0 Å². The van der Waals surface area contributed by atoms with Crippen LogP contribution < -0.4 is 5.73 Å². The maximum Gasteiger partial charge on any atom is 0.484 e. The van der Waals surface area contributed by atoms with Gasteiger partial charge in [-0.05, 0) is 15.9 Å². The Hall–Kier alpha value is -1.48. The molecule has 0 bridgehead atoms. The highest BCUT2D eigenvalue weighted by molar-refractivity contribution is 9.10. The molecule has 0 aliphatic carbocycles. The van der Waals surface area contributed by atoms with E-state index in [1.807, 2.05) is 0 Å². The third-order valence-electron chi connectivity index (χ3n) is 4.96. The number of aliphatic hydroxyl groups excluding tert-OH is 5. The lowest BCUT2D eigenvalue weighted by Gasteiger charge is -2.26. The largest absolute Gasteiger partial charge is 0.484 e. The average Bonchev–Trinajstić information content (AvgIpc) is 3.30. The number of hydrogen-bond acceptors (Lipinski definition) is 16. The van der Waals surface area contributed by atoms with Crippen LogP contribution in [0.2, 0.25) is 0 Å². The number of carbonyl (C=O) groups is 1. The summed E-state index contributed by atoms with van der Waals surface area (Å²) in [5.41, 5.74) is 5.99. The SMILES string of the molecule is Nc1ncnc2c1nc(Br)n2[C@@H]1O[C@H](COP(=O)(O[C@@H](C=O)[C@H](O)[C@H](O)CO)OP(=O)(O)O)[C@@H](O)[C@H]1O. The van der Waals surface area contributed by atoms with Gasteiger partial charge in [0.05, 0.1) is 13.2 Å². The summed E-state index contributed by atoms with van der Waals surface area (Å²) in [7, 11) is -11.1. The van der Waals surface area contributed by atoms with E-state index >= 15 is 0 Å². The Kier molecular flexibility index (Phi) is 9.53. The first-order valence-corrected chi connectivity index (χ1v) is 13.8. The smallest absolute Gasteiger partial charge is 0.394 e. The van der Waals surface area contributed by atoms with Crippen molar-refractivity contribution >= 4 is 54.8 Å². The monoisotopic (exact) mass is 637 g/mol. The molecule has 0 radical (unpaired) electrons. The van der Waals surface area contributed by atoms with E-state index in [2.05, 4.69) is 39.7 Å². The van der Waals surface area contributed by atoms with Crippen molar-refractivity contribution in [3.63, 3.8) is 0 Å². The lowest BCUT2D eigenvalue weighted by molar-refractivity contribution is -0.127. The van der Waals surface area contributed by atoms with E-state index < -0.39 is 71.7 Å². The van der Waals surface area contributed by atoms with Gasteiger partial charge in [-0.2, -0.15) is 4.31 Å². The van der Waals surface area contributed by atoms with E-state index in [9.17, 15) is 34.4 Å². The number of fused-ring (bicyclic) bond motifs is 1. The standard InChI is InChI=1S/C15H22BrN5O14P2/c16-15-20-8-12(17)18-4-19-13(8)21(15)14-11(27)10(26)7(33-14)3-32-37(31,35-36(28,29)30)34-6(2-23)9(25)5(24)1-22/h2,4-7,9-11,14,22,24-27H,1,3H2,(H2,17,18,19)(H2,28,29,30)/t5-,6+,7-,9-,10-,11-,14-,37?/m1/s1. The summed E-state index contributed by atoms with van der Waals surface area (Å²) in [4.78, 5) is 41.4. The normalized spacial score (nSPS) is 26.6. The lowest BCUT2D eigenvalue weighted by Crippen LogP contribution is -2.41. The zero-order valence-corrected chi connectivity index (χ0v) is 21.6. The second kappa shape index (κ2) is 11.7. The number of ether oxygens (including phenoxy) is 1. The Morgan fingerprint density at radius 2 is 1.92 bits per heavy atom. The second-order valence-electron chi connectivity index (χ2n) is 7.49. The number of aromatic nitrogens is 4. The van der Waals surface area contributed by atoms with Crippen LogP contribution in [-0.2, 0) is 32.0 Å². The number of hydrogen-bond donors (Lipinski definition) is 8. The van der Waals surface area contributed by atoms with Gasteiger partial charge in [0, 0.05) is 0 Å². The van der Waals surface area contributed by atoms with Crippen molar-refractivity contribution in [3.8, 4) is 0 Å². The number of carbonyl (C=O) groups excluding carboxylic acids is 1. The van der Waals surface area contributed by atoms with Gasteiger partial charge in [0.1, 0.15) is 36.8 Å². The van der Waals surface area contributed by atoms with Crippen LogP contribution in [0.15, 0.2) is 11.1 Å². The molecule has 1 unspecified atom stereocenters. The van der Waals surface area contributed by atoms with Crippen molar-refractivity contribution < 1.29 is 67.3 Å². The topological polar surface area (TPSA) is 299 Å². The number of phosphoric ester groups is 1. The van der Waals surface area contributed by atoms with Crippen LogP contribution in [0.25, 0.3) is 11.2 Å². The number of nitrogen functional groups attached to an aromatic ring is 1. The molecule has 3 rings (SSSR count). The van der Waals surface area contributed by atoms with Crippen molar-refractivity contribution in [1.82, 2.24) is 19.5 Å². The number of anilines is 1. The summed E-state index contributed by atoms with van der Waals surface area (Å²) >= 11 is 3.15. The molecular weight excluding hydrogens is 616 g/mol.